The summed E-state index contributed by atoms with van der Waals surface area (Å²) in [7, 11) is 0. The first-order valence-electron chi connectivity index (χ1n) is 13.8. The Morgan fingerprint density at radius 2 is 0.592 bits per heavy atom. The molecule has 0 atom stereocenters. The topological polar surface area (TPSA) is 26.3 Å². The molecule has 0 N–H and O–H groups in total. The molecule has 0 aromatic heterocycles. The Morgan fingerprint density at radius 1 is 0.367 bits per heavy atom. The summed E-state index contributed by atoms with van der Waals surface area (Å²) < 4.78 is 5.62. The summed E-state index contributed by atoms with van der Waals surface area (Å²) in [6.07, 6.45) is 0. The molecule has 0 fully saturated rings. The van der Waals surface area contributed by atoms with Crippen LogP contribution >= 0.6 is 87.5 Å². The molecule has 2 nitrogen and oxygen atoms in total. The van der Waals surface area contributed by atoms with Gasteiger partial charge in [-0.3, -0.25) is 4.79 Å². The van der Waals surface area contributed by atoms with Crippen LogP contribution in [0.3, 0.4) is 0 Å². The zero-order chi connectivity index (χ0) is 32.9. The van der Waals surface area contributed by atoms with Crippen LogP contribution in [0.25, 0.3) is 0 Å². The van der Waals surface area contributed by atoms with Crippen molar-refractivity contribution in [3.63, 3.8) is 0 Å². The van der Waals surface area contributed by atoms with Crippen LogP contribution in [0.5, 0.6) is 11.5 Å². The van der Waals surface area contributed by atoms with Gasteiger partial charge in [0, 0.05) is 75.5 Å². The van der Waals surface area contributed by atoms with Crippen molar-refractivity contribution in [3.8, 4) is 11.5 Å². The second kappa shape index (κ2) is 23.0. The summed E-state index contributed by atoms with van der Waals surface area (Å²) in [4.78, 5) is 20.0. The summed E-state index contributed by atoms with van der Waals surface area (Å²) in [5, 5.41) is 0. The second-order valence-corrected chi connectivity index (χ2v) is 13.8. The van der Waals surface area contributed by atoms with Crippen LogP contribution in [0.4, 0.5) is 0 Å². The Balaban J connectivity index is 0.000000357. The maximum atomic E-state index is 12.0. The lowest BCUT2D eigenvalue weighted by atomic mass is 10.0. The van der Waals surface area contributed by atoms with Crippen LogP contribution in [0, 0.1) is 0 Å². The van der Waals surface area contributed by atoms with E-state index in [9.17, 15) is 4.79 Å². The van der Waals surface area contributed by atoms with Gasteiger partial charge < -0.3 is 4.74 Å². The molecule has 6 aromatic rings. The highest BCUT2D eigenvalue weighted by Crippen LogP contribution is 2.29. The van der Waals surface area contributed by atoms with Crippen molar-refractivity contribution in [2.45, 2.75) is 39.2 Å². The predicted octanol–water partition coefficient (Wildman–Crippen LogP) is 10.8. The molecule has 0 spiro atoms. The molecule has 0 aliphatic heterocycles. The minimum Gasteiger partial charge on any atom is -0.457 e. The van der Waals surface area contributed by atoms with Crippen molar-refractivity contribution in [2.24, 2.45) is 0 Å². The van der Waals surface area contributed by atoms with Gasteiger partial charge >= 0.3 is 0 Å². The lowest BCUT2D eigenvalue weighted by Crippen LogP contribution is -2.00. The lowest BCUT2D eigenvalue weighted by Gasteiger charge is -2.05. The minimum absolute atomic E-state index is 0. The molecule has 12 heteroatoms. The van der Waals surface area contributed by atoms with Gasteiger partial charge in [-0.05, 0) is 146 Å². The van der Waals surface area contributed by atoms with Crippen molar-refractivity contribution in [1.29, 1.82) is 0 Å². The highest BCUT2D eigenvalue weighted by Gasteiger charge is 2.08. The zero-order valence-corrected chi connectivity index (χ0v) is 32.2. The Labute approximate surface area is 332 Å². The maximum Gasteiger partial charge on any atom is 0.193 e. The van der Waals surface area contributed by atoms with E-state index >= 15 is 0 Å². The third kappa shape index (κ3) is 15.9. The van der Waals surface area contributed by atoms with E-state index in [-0.39, 0.29) is 31.0 Å². The average Bonchev–Trinajstić information content (AvgIpc) is 3.06. The number of ketones is 1. The highest BCUT2D eigenvalue weighted by molar-refractivity contribution is 7.99. The number of hydrogen-bond donors (Lipinski definition) is 6. The molecule has 0 unspecified atom stereocenters. The maximum absolute atomic E-state index is 12.0. The van der Waals surface area contributed by atoms with Gasteiger partial charge in [0.1, 0.15) is 11.5 Å². The Hall–Kier alpha value is -2.57. The number of carbonyl (C=O) groups is 1. The van der Waals surface area contributed by atoms with Crippen LogP contribution in [0.1, 0.15) is 15.9 Å². The molecule has 6 rings (SSSR count). The third-order valence-electron chi connectivity index (χ3n) is 6.08. The fourth-order valence-electron chi connectivity index (χ4n) is 3.72. The van der Waals surface area contributed by atoms with Gasteiger partial charge in [0.25, 0.3) is 0 Å². The Morgan fingerprint density at radius 3 is 0.857 bits per heavy atom. The lowest BCUT2D eigenvalue weighted by molar-refractivity contribution is 0.103. The van der Waals surface area contributed by atoms with Crippen LogP contribution in [0.15, 0.2) is 185 Å². The van der Waals surface area contributed by atoms with Gasteiger partial charge in [-0.1, -0.05) is 11.8 Å². The highest BCUT2D eigenvalue weighted by atomic mass is 32.2. The van der Waals surface area contributed by atoms with E-state index in [2.05, 4.69) is 100 Å². The summed E-state index contributed by atoms with van der Waals surface area (Å²) in [5.41, 5.74) is 1.34. The first kappa shape index (κ1) is 44.5. The van der Waals surface area contributed by atoms with E-state index in [4.69, 9.17) is 4.74 Å². The molecule has 0 saturated carbocycles. The summed E-state index contributed by atoms with van der Waals surface area (Å²) >= 11 is 27.0. The average molecular weight is 764 g/mol. The van der Waals surface area contributed by atoms with Gasteiger partial charge in [0.05, 0.1) is 0 Å². The number of thiol groups is 6. The van der Waals surface area contributed by atoms with E-state index < -0.39 is 0 Å². The largest absolute Gasteiger partial charge is 0.457 e. The SMILES string of the molecule is O=C(c1ccc(S)cc1)c1ccc(S)cc1.Sc1ccc(Oc2ccc(S)cc2)cc1.Sc1ccc(Sc2ccc(S)cc2)cc1.[B].[B].[B]. The fourth-order valence-corrected chi connectivity index (χ4v) is 5.43. The predicted molar refractivity (Wildman–Crippen MR) is 227 cm³/mol. The Kier molecular flexibility index (Phi) is 20.9. The second-order valence-electron chi connectivity index (χ2n) is 9.60. The van der Waals surface area contributed by atoms with Crippen LogP contribution in [0.2, 0.25) is 0 Å². The van der Waals surface area contributed by atoms with Gasteiger partial charge in [0.15, 0.2) is 5.78 Å². The summed E-state index contributed by atoms with van der Waals surface area (Å²) in [6.45, 7) is 0. The summed E-state index contributed by atoms with van der Waals surface area (Å²) in [5.74, 6) is 1.63. The van der Waals surface area contributed by atoms with E-state index in [1.165, 1.54) is 9.79 Å². The summed E-state index contributed by atoms with van der Waals surface area (Å²) in [6, 6.07) is 45.7. The molecule has 241 valence electrons. The first-order valence-corrected chi connectivity index (χ1v) is 17.3. The van der Waals surface area contributed by atoms with E-state index in [0.717, 1.165) is 40.9 Å². The number of carbonyl (C=O) groups excluding carboxylic acids is 1. The quantitative estimate of drug-likeness (QED) is 0.0580. The van der Waals surface area contributed by atoms with Gasteiger partial charge in [0.2, 0.25) is 0 Å². The van der Waals surface area contributed by atoms with E-state index in [1.807, 2.05) is 97.1 Å². The van der Waals surface area contributed by atoms with Crippen molar-refractivity contribution in [3.05, 3.63) is 157 Å². The van der Waals surface area contributed by atoms with Crippen LogP contribution in [-0.4, -0.2) is 31.0 Å². The molecule has 0 aliphatic rings. The monoisotopic (exact) mass is 763 g/mol. The van der Waals surface area contributed by atoms with Crippen LogP contribution in [-0.2, 0) is 0 Å². The molecule has 0 heterocycles. The number of rotatable bonds is 6. The number of hydrogen-bond acceptors (Lipinski definition) is 9. The van der Waals surface area contributed by atoms with Gasteiger partial charge in [-0.25, -0.2) is 0 Å². The first-order chi connectivity index (χ1) is 22.1. The molecule has 9 radical (unpaired) electrons. The minimum atomic E-state index is 0. The van der Waals surface area contributed by atoms with Crippen molar-refractivity contribution in [1.82, 2.24) is 0 Å². The molecule has 0 bridgehead atoms. The molecule has 0 amide bonds. The van der Waals surface area contributed by atoms with Crippen molar-refractivity contribution >= 4 is 119 Å². The van der Waals surface area contributed by atoms with Crippen molar-refractivity contribution < 1.29 is 9.53 Å². The molecule has 0 aliphatic carbocycles. The van der Waals surface area contributed by atoms with Gasteiger partial charge in [-0.2, -0.15) is 0 Å². The number of ether oxygens (including phenoxy) is 1. The van der Waals surface area contributed by atoms with Crippen molar-refractivity contribution in [2.75, 3.05) is 0 Å². The molecule has 49 heavy (non-hydrogen) atoms. The van der Waals surface area contributed by atoms with E-state index in [1.54, 1.807) is 36.0 Å². The van der Waals surface area contributed by atoms with Gasteiger partial charge in [-0.15, -0.1) is 75.8 Å². The Bertz CT molecular complexity index is 1600. The molecular formula is C37H30B3O2S7. The standard InChI is InChI=1S/C13H10OS2.C12H10OS2.C12H10S3.3B/c14-13(9-1-5-11(15)6-2-9)10-3-7-12(16)8-4-10;14-11-5-1-9(2-6-11)13-10-3-7-12(15)8-4-10;13-9-1-5-11(6-2-9)15-12-7-3-10(14)4-8-12;;;/h1-8,15-16H;1-8,14-15H;1-8,13-14H;;;. The van der Waals surface area contributed by atoms with E-state index in [0.29, 0.717) is 11.1 Å². The fraction of sp³-hybridized carbons (Fsp3) is 0. The number of benzene rings is 6. The molecule has 0 saturated heterocycles. The normalized spacial score (nSPS) is 9.51. The van der Waals surface area contributed by atoms with Crippen LogP contribution < -0.4 is 4.74 Å². The third-order valence-corrected chi connectivity index (χ3v) is 8.88. The smallest absolute Gasteiger partial charge is 0.193 e. The molecular weight excluding hydrogens is 733 g/mol. The zero-order valence-electron chi connectivity index (χ0n) is 26.0. The molecule has 6 aromatic carbocycles.